The van der Waals surface area contributed by atoms with Gasteiger partial charge in [-0.25, -0.2) is 13.4 Å². The molecule has 1 saturated carbocycles. The van der Waals surface area contributed by atoms with Crippen LogP contribution in [0.3, 0.4) is 0 Å². The van der Waals surface area contributed by atoms with Crippen LogP contribution in [0, 0.1) is 5.92 Å². The highest BCUT2D eigenvalue weighted by atomic mass is 35.5. The zero-order valence-electron chi connectivity index (χ0n) is 18.9. The Labute approximate surface area is 209 Å². The van der Waals surface area contributed by atoms with Gasteiger partial charge in [-0.05, 0) is 30.0 Å². The quantitative estimate of drug-likeness (QED) is 0.567. The predicted octanol–water partition coefficient (Wildman–Crippen LogP) is 3.75. The molecule has 2 aliphatic rings. The number of sulfonamides is 1. The molecule has 2 amide bonds. The van der Waals surface area contributed by atoms with E-state index in [1.165, 1.54) is 22.1 Å². The van der Waals surface area contributed by atoms with Gasteiger partial charge in [0.1, 0.15) is 6.04 Å². The molecule has 1 aromatic carbocycles. The highest BCUT2D eigenvalue weighted by Gasteiger charge is 2.38. The third-order valence-corrected chi connectivity index (χ3v) is 9.24. The Balaban J connectivity index is 1.45. The monoisotopic (exact) mass is 524 g/mol. The molecule has 8 nitrogen and oxygen atoms in total. The van der Waals surface area contributed by atoms with Gasteiger partial charge < -0.3 is 10.2 Å². The summed E-state index contributed by atoms with van der Waals surface area (Å²) in [4.78, 5) is 32.0. The van der Waals surface area contributed by atoms with E-state index in [0.717, 1.165) is 25.7 Å². The fourth-order valence-electron chi connectivity index (χ4n) is 4.70. The maximum Gasteiger partial charge on any atom is 0.248 e. The van der Waals surface area contributed by atoms with E-state index >= 15 is 0 Å². The standard InChI is InChI=1S/C23H29ClN4O4S2/c24-19-8-6-18(7-9-19)16-34(31,32)27-11-12-28(21(29)15-27)20(14-17-4-2-1-3-5-17)22(30)26-23-25-10-13-33-23/h6-10,13,17,20H,1-5,11-12,14-16H2,(H,25,26,30)/t20-/m0/s1. The molecule has 0 bridgehead atoms. The van der Waals surface area contributed by atoms with Crippen molar-refractivity contribution in [2.24, 2.45) is 5.92 Å². The van der Waals surface area contributed by atoms with Gasteiger partial charge in [0.2, 0.25) is 21.8 Å². The van der Waals surface area contributed by atoms with Crippen molar-refractivity contribution in [2.75, 3.05) is 25.0 Å². The molecule has 1 aromatic heterocycles. The Morgan fingerprint density at radius 2 is 1.91 bits per heavy atom. The lowest BCUT2D eigenvalue weighted by molar-refractivity contribution is -0.142. The highest BCUT2D eigenvalue weighted by molar-refractivity contribution is 7.88. The number of benzene rings is 1. The lowest BCUT2D eigenvalue weighted by atomic mass is 9.84. The minimum Gasteiger partial charge on any atom is -0.328 e. The van der Waals surface area contributed by atoms with Crippen LogP contribution in [0.5, 0.6) is 0 Å². The van der Waals surface area contributed by atoms with Gasteiger partial charge in [-0.2, -0.15) is 4.31 Å². The van der Waals surface area contributed by atoms with Gasteiger partial charge in [-0.15, -0.1) is 11.3 Å². The normalized spacial score (nSPS) is 19.2. The summed E-state index contributed by atoms with van der Waals surface area (Å²) in [5.41, 5.74) is 0.609. The average Bonchev–Trinajstić information content (AvgIpc) is 3.33. The molecule has 0 spiro atoms. The largest absolute Gasteiger partial charge is 0.328 e. The average molecular weight is 525 g/mol. The number of rotatable bonds is 8. The van der Waals surface area contributed by atoms with Gasteiger partial charge in [0, 0.05) is 29.7 Å². The second kappa shape index (κ2) is 11.2. The topological polar surface area (TPSA) is 99.7 Å². The molecular weight excluding hydrogens is 496 g/mol. The van der Waals surface area contributed by atoms with Crippen LogP contribution in [-0.4, -0.2) is 60.1 Å². The maximum atomic E-state index is 13.2. The van der Waals surface area contributed by atoms with E-state index < -0.39 is 16.1 Å². The van der Waals surface area contributed by atoms with Crippen molar-refractivity contribution < 1.29 is 18.0 Å². The van der Waals surface area contributed by atoms with Gasteiger partial charge in [-0.1, -0.05) is 55.8 Å². The van der Waals surface area contributed by atoms with Crippen LogP contribution in [0.15, 0.2) is 35.8 Å². The minimum absolute atomic E-state index is 0.160. The second-order valence-electron chi connectivity index (χ2n) is 8.89. The Morgan fingerprint density at radius 3 is 2.56 bits per heavy atom. The number of carbonyl (C=O) groups excluding carboxylic acids is 2. The molecule has 1 aliphatic heterocycles. The van der Waals surface area contributed by atoms with Crippen LogP contribution >= 0.6 is 22.9 Å². The van der Waals surface area contributed by atoms with E-state index in [-0.39, 0.29) is 37.2 Å². The van der Waals surface area contributed by atoms with E-state index in [1.54, 1.807) is 40.7 Å². The van der Waals surface area contributed by atoms with Crippen molar-refractivity contribution in [2.45, 2.75) is 50.3 Å². The molecule has 1 N–H and O–H groups in total. The lowest BCUT2D eigenvalue weighted by Crippen LogP contribution is -2.58. The Kier molecular flexibility index (Phi) is 8.23. The summed E-state index contributed by atoms with van der Waals surface area (Å²) in [5, 5.41) is 5.65. The van der Waals surface area contributed by atoms with Crippen molar-refractivity contribution in [3.8, 4) is 0 Å². The maximum absolute atomic E-state index is 13.2. The molecule has 2 fully saturated rings. The third-order valence-electron chi connectivity index (χ3n) is 6.50. The zero-order chi connectivity index (χ0) is 24.1. The van der Waals surface area contributed by atoms with Crippen molar-refractivity contribution in [1.82, 2.24) is 14.2 Å². The van der Waals surface area contributed by atoms with Crippen molar-refractivity contribution in [3.63, 3.8) is 0 Å². The summed E-state index contributed by atoms with van der Waals surface area (Å²) in [6.07, 6.45) is 7.77. The number of hydrogen-bond donors (Lipinski definition) is 1. The van der Waals surface area contributed by atoms with Crippen LogP contribution in [0.2, 0.25) is 5.02 Å². The number of nitrogens with one attached hydrogen (secondary N) is 1. The van der Waals surface area contributed by atoms with Gasteiger partial charge in [0.25, 0.3) is 0 Å². The first kappa shape index (κ1) is 25.1. The number of hydrogen-bond acceptors (Lipinski definition) is 6. The molecule has 1 atom stereocenters. The number of anilines is 1. The SMILES string of the molecule is O=C(Nc1nccs1)[C@H](CC1CCCCC1)N1CCN(S(=O)(=O)Cc2ccc(Cl)cc2)CC1=O. The molecule has 34 heavy (non-hydrogen) atoms. The second-order valence-corrected chi connectivity index (χ2v) is 12.2. The van der Waals surface area contributed by atoms with Gasteiger partial charge in [-0.3, -0.25) is 9.59 Å². The first-order chi connectivity index (χ1) is 16.3. The number of halogens is 1. The van der Waals surface area contributed by atoms with E-state index in [9.17, 15) is 18.0 Å². The molecule has 1 aliphatic carbocycles. The summed E-state index contributed by atoms with van der Waals surface area (Å²) in [5.74, 6) is -0.430. The number of nitrogens with zero attached hydrogens (tertiary/aromatic N) is 3. The summed E-state index contributed by atoms with van der Waals surface area (Å²) in [7, 11) is -3.69. The number of piperazine rings is 1. The van der Waals surface area contributed by atoms with Gasteiger partial charge >= 0.3 is 0 Å². The lowest BCUT2D eigenvalue weighted by Gasteiger charge is -2.39. The van der Waals surface area contributed by atoms with Crippen LogP contribution < -0.4 is 5.32 Å². The fourth-order valence-corrected chi connectivity index (χ4v) is 6.82. The Morgan fingerprint density at radius 1 is 1.18 bits per heavy atom. The van der Waals surface area contributed by atoms with E-state index in [1.807, 2.05) is 0 Å². The molecule has 4 rings (SSSR count). The molecule has 2 heterocycles. The van der Waals surface area contributed by atoms with Crippen molar-refractivity contribution >= 4 is 49.9 Å². The predicted molar refractivity (Wildman–Crippen MR) is 133 cm³/mol. The van der Waals surface area contributed by atoms with Gasteiger partial charge in [0.05, 0.1) is 12.3 Å². The van der Waals surface area contributed by atoms with Crippen LogP contribution in [0.25, 0.3) is 0 Å². The van der Waals surface area contributed by atoms with Crippen LogP contribution in [0.4, 0.5) is 5.13 Å². The number of amides is 2. The molecule has 1 saturated heterocycles. The van der Waals surface area contributed by atoms with Gasteiger partial charge in [0.15, 0.2) is 5.13 Å². The number of carbonyl (C=O) groups is 2. The smallest absolute Gasteiger partial charge is 0.248 e. The van der Waals surface area contributed by atoms with Crippen LogP contribution in [0.1, 0.15) is 44.1 Å². The Hall–Kier alpha value is -2.01. The molecular formula is C23H29ClN4O4S2. The zero-order valence-corrected chi connectivity index (χ0v) is 21.2. The molecule has 0 radical (unpaired) electrons. The third kappa shape index (κ3) is 6.35. The molecule has 2 aromatic rings. The summed E-state index contributed by atoms with van der Waals surface area (Å²) < 4.78 is 27.1. The highest BCUT2D eigenvalue weighted by Crippen LogP contribution is 2.30. The summed E-state index contributed by atoms with van der Waals surface area (Å²) in [6.45, 7) is 0.0797. The molecule has 0 unspecified atom stereocenters. The number of thiazole rings is 1. The number of aromatic nitrogens is 1. The van der Waals surface area contributed by atoms with E-state index in [2.05, 4.69) is 10.3 Å². The van der Waals surface area contributed by atoms with E-state index in [4.69, 9.17) is 11.6 Å². The Bertz CT molecular complexity index is 1090. The van der Waals surface area contributed by atoms with Crippen molar-refractivity contribution in [3.05, 3.63) is 46.4 Å². The van der Waals surface area contributed by atoms with Crippen molar-refractivity contribution in [1.29, 1.82) is 0 Å². The molecule has 184 valence electrons. The van der Waals surface area contributed by atoms with Crippen LogP contribution in [-0.2, 0) is 25.4 Å². The molecule has 11 heteroatoms. The summed E-state index contributed by atoms with van der Waals surface area (Å²) in [6, 6.07) is 5.99. The first-order valence-corrected chi connectivity index (χ1v) is 14.4. The fraction of sp³-hybridized carbons (Fsp3) is 0.522. The first-order valence-electron chi connectivity index (χ1n) is 11.5. The minimum atomic E-state index is -3.69. The summed E-state index contributed by atoms with van der Waals surface area (Å²) >= 11 is 7.22. The van der Waals surface area contributed by atoms with E-state index in [0.29, 0.717) is 28.1 Å².